The van der Waals surface area contributed by atoms with Crippen LogP contribution in [-0.2, 0) is 19.9 Å². The molecule has 1 saturated heterocycles. The highest BCUT2D eigenvalue weighted by Gasteiger charge is 2.61. The van der Waals surface area contributed by atoms with Gasteiger partial charge in [-0.3, -0.25) is 4.79 Å². The molecule has 0 radical (unpaired) electrons. The molecule has 2 fully saturated rings. The van der Waals surface area contributed by atoms with E-state index in [1.165, 1.54) is 6.07 Å². The lowest BCUT2D eigenvalue weighted by atomic mass is 9.65. The van der Waals surface area contributed by atoms with E-state index in [0.717, 1.165) is 12.0 Å². The summed E-state index contributed by atoms with van der Waals surface area (Å²) in [5, 5.41) is 23.5. The number of carbonyl (C=O) groups is 1. The summed E-state index contributed by atoms with van der Waals surface area (Å²) in [4.78, 5) is 13.6. The van der Waals surface area contributed by atoms with Gasteiger partial charge in [0, 0.05) is 31.9 Å². The summed E-state index contributed by atoms with van der Waals surface area (Å²) in [7, 11) is 1.63. The Kier molecular flexibility index (Phi) is 8.66. The van der Waals surface area contributed by atoms with Crippen molar-refractivity contribution in [1.82, 2.24) is 4.90 Å². The molecule has 0 unspecified atom stereocenters. The Morgan fingerprint density at radius 3 is 2.73 bits per heavy atom. The van der Waals surface area contributed by atoms with Crippen LogP contribution in [0.15, 0.2) is 42.5 Å². The molecule has 2 aromatic rings. The number of hydrogen-bond donors (Lipinski definition) is 3. The highest BCUT2D eigenvalue weighted by Crippen LogP contribution is 2.53. The third-order valence-corrected chi connectivity index (χ3v) is 8.16. The van der Waals surface area contributed by atoms with Gasteiger partial charge in [-0.2, -0.15) is 0 Å². The summed E-state index contributed by atoms with van der Waals surface area (Å²) < 4.78 is 27.5. The second kappa shape index (κ2) is 11.6. The number of morpholine rings is 1. The predicted molar refractivity (Wildman–Crippen MR) is 139 cm³/mol. The molecule has 202 valence electrons. The lowest BCUT2D eigenvalue weighted by Gasteiger charge is -2.55. The zero-order chi connectivity index (χ0) is 26.6. The molecule has 2 aromatic carbocycles. The van der Waals surface area contributed by atoms with E-state index in [-0.39, 0.29) is 25.5 Å². The Labute approximate surface area is 218 Å². The number of aliphatic hydroxyl groups excluding tert-OH is 1. The Morgan fingerprint density at radius 1 is 1.27 bits per heavy atom. The predicted octanol–water partition coefficient (Wildman–Crippen LogP) is 3.13. The number of aliphatic hydroxyl groups is 2. The standard InChI is InChI=1S/C29H39FN2O5/c1-20-7-5-8-21(15-20)27-23(9-6-10-24(27)30)28(35,11-3-4-13-36-2)29(18-32(19-33)12-14-37-29)22-16-25(31)26(34)17-22/h5-10,15,19,22,25-26,34-35H,3-4,11-14,16-18,31H2,1-2H3/t22-,25+,26-,28+,29-/m0/s1. The third kappa shape index (κ3) is 5.31. The van der Waals surface area contributed by atoms with Crippen LogP contribution < -0.4 is 5.73 Å². The number of nitrogens with two attached hydrogens (primary N) is 1. The van der Waals surface area contributed by atoms with Crippen LogP contribution in [0.25, 0.3) is 11.1 Å². The fourth-order valence-corrected chi connectivity index (χ4v) is 6.29. The fourth-order valence-electron chi connectivity index (χ4n) is 6.29. The molecule has 7 nitrogen and oxygen atoms in total. The number of carbonyl (C=O) groups excluding carboxylic acids is 1. The van der Waals surface area contributed by atoms with E-state index in [9.17, 15) is 15.0 Å². The average molecular weight is 515 g/mol. The van der Waals surface area contributed by atoms with E-state index in [0.29, 0.717) is 55.5 Å². The zero-order valence-corrected chi connectivity index (χ0v) is 21.7. The average Bonchev–Trinajstić information content (AvgIpc) is 3.24. The molecular weight excluding hydrogens is 475 g/mol. The van der Waals surface area contributed by atoms with E-state index in [1.54, 1.807) is 24.1 Å². The van der Waals surface area contributed by atoms with Gasteiger partial charge in [-0.25, -0.2) is 4.39 Å². The lowest BCUT2D eigenvalue weighted by molar-refractivity contribution is -0.246. The maximum atomic E-state index is 15.7. The Morgan fingerprint density at radius 2 is 2.05 bits per heavy atom. The molecule has 1 heterocycles. The number of ether oxygens (including phenoxy) is 2. The van der Waals surface area contributed by atoms with Crippen LogP contribution in [0.2, 0.25) is 0 Å². The number of amides is 1. The summed E-state index contributed by atoms with van der Waals surface area (Å²) in [5.41, 5.74) is 5.62. The molecule has 5 atom stereocenters. The molecular formula is C29H39FN2O5. The molecule has 1 aliphatic carbocycles. The van der Waals surface area contributed by atoms with E-state index in [2.05, 4.69) is 0 Å². The Bertz CT molecular complexity index is 1070. The highest BCUT2D eigenvalue weighted by molar-refractivity contribution is 5.70. The molecule has 2 aliphatic rings. The van der Waals surface area contributed by atoms with Gasteiger partial charge in [0.25, 0.3) is 0 Å². The van der Waals surface area contributed by atoms with Gasteiger partial charge in [0.15, 0.2) is 0 Å². The minimum absolute atomic E-state index is 0.116. The molecule has 8 heteroatoms. The zero-order valence-electron chi connectivity index (χ0n) is 21.7. The molecule has 4 rings (SSSR count). The Balaban J connectivity index is 1.93. The minimum atomic E-state index is -1.68. The monoisotopic (exact) mass is 514 g/mol. The number of methoxy groups -OCH3 is 1. The normalized spacial score (nSPS) is 27.7. The molecule has 0 spiro atoms. The van der Waals surface area contributed by atoms with Gasteiger partial charge in [-0.1, -0.05) is 42.0 Å². The number of hydrogen-bond acceptors (Lipinski definition) is 6. The minimum Gasteiger partial charge on any atom is -0.392 e. The van der Waals surface area contributed by atoms with Gasteiger partial charge in [-0.05, 0) is 62.1 Å². The molecule has 1 amide bonds. The van der Waals surface area contributed by atoms with Crippen LogP contribution in [-0.4, -0.2) is 72.7 Å². The maximum Gasteiger partial charge on any atom is 0.209 e. The first-order valence-electron chi connectivity index (χ1n) is 13.1. The second-order valence-corrected chi connectivity index (χ2v) is 10.6. The van der Waals surface area contributed by atoms with Crippen molar-refractivity contribution in [2.75, 3.05) is 33.4 Å². The molecule has 0 aromatic heterocycles. The SMILES string of the molecule is COCCCC[C@@](O)(c1cccc(F)c1-c1cccc(C)c1)[C@@]1([C@H]2C[C@@H](N)[C@@H](O)C2)CN(C=O)CCO1. The number of nitrogens with zero attached hydrogens (tertiary/aromatic N) is 1. The van der Waals surface area contributed by atoms with Crippen LogP contribution in [0, 0.1) is 18.7 Å². The summed E-state index contributed by atoms with van der Waals surface area (Å²) in [5.74, 6) is -0.791. The maximum absolute atomic E-state index is 15.7. The molecule has 0 bridgehead atoms. The first kappa shape index (κ1) is 27.7. The van der Waals surface area contributed by atoms with Gasteiger partial charge >= 0.3 is 0 Å². The van der Waals surface area contributed by atoms with Crippen LogP contribution in [0.1, 0.15) is 43.2 Å². The molecule has 37 heavy (non-hydrogen) atoms. The van der Waals surface area contributed by atoms with E-state index >= 15 is 4.39 Å². The molecule has 1 saturated carbocycles. The van der Waals surface area contributed by atoms with Crippen LogP contribution in [0.3, 0.4) is 0 Å². The highest BCUT2D eigenvalue weighted by atomic mass is 19.1. The van der Waals surface area contributed by atoms with Crippen molar-refractivity contribution in [2.45, 2.75) is 62.4 Å². The first-order chi connectivity index (χ1) is 17.8. The van der Waals surface area contributed by atoms with Crippen LogP contribution in [0.4, 0.5) is 4.39 Å². The first-order valence-corrected chi connectivity index (χ1v) is 13.1. The fraction of sp³-hybridized carbons (Fsp3) is 0.552. The summed E-state index contributed by atoms with van der Waals surface area (Å²) in [6.45, 7) is 3.18. The van der Waals surface area contributed by atoms with E-state index < -0.39 is 29.2 Å². The van der Waals surface area contributed by atoms with Crippen molar-refractivity contribution in [3.63, 3.8) is 0 Å². The number of unbranched alkanes of at least 4 members (excludes halogenated alkanes) is 1. The second-order valence-electron chi connectivity index (χ2n) is 10.6. The van der Waals surface area contributed by atoms with Gasteiger partial charge in [0.05, 0.1) is 19.3 Å². The molecule has 4 N–H and O–H groups in total. The largest absolute Gasteiger partial charge is 0.392 e. The van der Waals surface area contributed by atoms with Crippen LogP contribution in [0.5, 0.6) is 0 Å². The number of halogens is 1. The van der Waals surface area contributed by atoms with Crippen molar-refractivity contribution in [1.29, 1.82) is 0 Å². The lowest BCUT2D eigenvalue weighted by Crippen LogP contribution is -2.66. The molecule has 1 aliphatic heterocycles. The van der Waals surface area contributed by atoms with Crippen molar-refractivity contribution in [3.05, 3.63) is 59.4 Å². The number of aryl methyl sites for hydroxylation is 1. The van der Waals surface area contributed by atoms with Gasteiger partial charge in [-0.15, -0.1) is 0 Å². The smallest absolute Gasteiger partial charge is 0.209 e. The number of benzene rings is 2. The van der Waals surface area contributed by atoms with Gasteiger partial charge in [0.1, 0.15) is 17.0 Å². The van der Waals surface area contributed by atoms with Crippen molar-refractivity contribution >= 4 is 6.41 Å². The Hall–Kier alpha value is -2.36. The summed E-state index contributed by atoms with van der Waals surface area (Å²) in [6, 6.07) is 11.8. The third-order valence-electron chi connectivity index (χ3n) is 8.16. The summed E-state index contributed by atoms with van der Waals surface area (Å²) >= 11 is 0. The quantitative estimate of drug-likeness (QED) is 0.332. The van der Waals surface area contributed by atoms with Crippen molar-refractivity contribution < 1.29 is 28.9 Å². The van der Waals surface area contributed by atoms with Crippen molar-refractivity contribution in [3.8, 4) is 11.1 Å². The number of rotatable bonds is 10. The van der Waals surface area contributed by atoms with Crippen molar-refractivity contribution in [2.24, 2.45) is 11.7 Å². The van der Waals surface area contributed by atoms with Crippen LogP contribution >= 0.6 is 0 Å². The van der Waals surface area contributed by atoms with E-state index in [4.69, 9.17) is 15.2 Å². The topological polar surface area (TPSA) is 105 Å². The van der Waals surface area contributed by atoms with E-state index in [1.807, 2.05) is 31.2 Å². The summed E-state index contributed by atoms with van der Waals surface area (Å²) in [6.07, 6.45) is 2.29. The van der Waals surface area contributed by atoms with Gasteiger partial charge in [0.2, 0.25) is 6.41 Å². The van der Waals surface area contributed by atoms with Gasteiger partial charge < -0.3 is 30.3 Å².